The van der Waals surface area contributed by atoms with E-state index < -0.39 is 23.9 Å². The number of nitrogens with one attached hydrogen (secondary N) is 2. The fourth-order valence-corrected chi connectivity index (χ4v) is 3.97. The number of urea groups is 1. The first-order valence-corrected chi connectivity index (χ1v) is 11.3. The Kier molecular flexibility index (Phi) is 7.61. The van der Waals surface area contributed by atoms with Crippen LogP contribution < -0.4 is 15.4 Å². The van der Waals surface area contributed by atoms with Gasteiger partial charge in [-0.15, -0.1) is 0 Å². The van der Waals surface area contributed by atoms with E-state index in [1.165, 1.54) is 12.1 Å². The zero-order chi connectivity index (χ0) is 25.5. The average molecular weight is 486 g/mol. The molecule has 0 radical (unpaired) electrons. The molecule has 4 rings (SSSR count). The first-order valence-electron chi connectivity index (χ1n) is 11.3. The van der Waals surface area contributed by atoms with Gasteiger partial charge in [0, 0.05) is 5.70 Å². The fraction of sp³-hybridized carbons (Fsp3) is 0.179. The highest BCUT2D eigenvalue weighted by Crippen LogP contribution is 2.30. The summed E-state index contributed by atoms with van der Waals surface area (Å²) in [5, 5.41) is 14.7. The van der Waals surface area contributed by atoms with Crippen molar-refractivity contribution in [1.29, 1.82) is 5.26 Å². The Morgan fingerprint density at radius 2 is 1.78 bits per heavy atom. The summed E-state index contributed by atoms with van der Waals surface area (Å²) >= 11 is 0. The predicted molar refractivity (Wildman–Crippen MR) is 130 cm³/mol. The first-order chi connectivity index (χ1) is 17.5. The minimum atomic E-state index is -0.780. The molecule has 3 aromatic rings. The summed E-state index contributed by atoms with van der Waals surface area (Å²) in [5.41, 5.74) is 3.28. The number of halogens is 1. The van der Waals surface area contributed by atoms with Gasteiger partial charge in [-0.1, -0.05) is 36.4 Å². The molecule has 1 atom stereocenters. The molecular weight excluding hydrogens is 461 g/mol. The Morgan fingerprint density at radius 3 is 2.44 bits per heavy atom. The van der Waals surface area contributed by atoms with Crippen LogP contribution in [0.1, 0.15) is 34.7 Å². The Hall–Kier alpha value is -4.64. The molecule has 0 aliphatic carbocycles. The smallest absolute Gasteiger partial charge is 0.338 e. The summed E-state index contributed by atoms with van der Waals surface area (Å²) in [5.74, 6) is -0.327. The van der Waals surface area contributed by atoms with Crippen molar-refractivity contribution in [3.8, 4) is 11.8 Å². The Bertz CT molecular complexity index is 1330. The number of nitriles is 1. The maximum Gasteiger partial charge on any atom is 0.338 e. The van der Waals surface area contributed by atoms with Gasteiger partial charge in [-0.05, 0) is 65.9 Å². The molecular formula is C28H24FN3O4. The molecule has 3 aromatic carbocycles. The fourth-order valence-electron chi connectivity index (χ4n) is 3.97. The van der Waals surface area contributed by atoms with E-state index in [1.54, 1.807) is 43.5 Å². The molecule has 2 amide bonds. The molecule has 2 N–H and O–H groups in total. The molecule has 1 heterocycles. The van der Waals surface area contributed by atoms with Crippen molar-refractivity contribution in [2.24, 2.45) is 0 Å². The van der Waals surface area contributed by atoms with E-state index in [1.807, 2.05) is 24.3 Å². The molecule has 1 unspecified atom stereocenters. The highest BCUT2D eigenvalue weighted by Gasteiger charge is 2.33. The molecule has 0 fully saturated rings. The van der Waals surface area contributed by atoms with E-state index in [9.17, 15) is 14.0 Å². The quantitative estimate of drug-likeness (QED) is 0.451. The number of hydrogen-bond acceptors (Lipinski definition) is 5. The van der Waals surface area contributed by atoms with Gasteiger partial charge in [-0.2, -0.15) is 5.26 Å². The van der Waals surface area contributed by atoms with Crippen LogP contribution in [0.2, 0.25) is 0 Å². The molecule has 0 bridgehead atoms. The van der Waals surface area contributed by atoms with Gasteiger partial charge in [0.15, 0.2) is 0 Å². The highest BCUT2D eigenvalue weighted by atomic mass is 19.1. The zero-order valence-corrected chi connectivity index (χ0v) is 19.6. The molecule has 36 heavy (non-hydrogen) atoms. The molecule has 0 aromatic heterocycles. The van der Waals surface area contributed by atoms with Crippen LogP contribution in [-0.2, 0) is 22.6 Å². The van der Waals surface area contributed by atoms with Gasteiger partial charge >= 0.3 is 12.0 Å². The van der Waals surface area contributed by atoms with Gasteiger partial charge in [-0.3, -0.25) is 0 Å². The van der Waals surface area contributed by atoms with Crippen molar-refractivity contribution in [2.45, 2.75) is 25.5 Å². The summed E-state index contributed by atoms with van der Waals surface area (Å²) in [6, 6.07) is 20.8. The van der Waals surface area contributed by atoms with E-state index in [2.05, 4.69) is 16.7 Å². The van der Waals surface area contributed by atoms with Crippen molar-refractivity contribution in [1.82, 2.24) is 10.6 Å². The molecule has 0 saturated carbocycles. The Labute approximate surface area is 208 Å². The van der Waals surface area contributed by atoms with E-state index >= 15 is 0 Å². The number of rotatable bonds is 8. The number of amides is 2. The second-order valence-electron chi connectivity index (χ2n) is 8.21. The minimum absolute atomic E-state index is 0.125. The van der Waals surface area contributed by atoms with Crippen molar-refractivity contribution in [3.63, 3.8) is 0 Å². The van der Waals surface area contributed by atoms with Gasteiger partial charge in [0.05, 0.1) is 30.4 Å². The number of carbonyl (C=O) groups is 2. The number of esters is 1. The maximum atomic E-state index is 13.6. The zero-order valence-electron chi connectivity index (χ0n) is 19.6. The van der Waals surface area contributed by atoms with Crippen molar-refractivity contribution < 1.29 is 23.5 Å². The third-order valence-electron chi connectivity index (χ3n) is 5.83. The number of carbonyl (C=O) groups excluding carboxylic acids is 2. The van der Waals surface area contributed by atoms with Crippen molar-refractivity contribution in [2.75, 3.05) is 7.11 Å². The van der Waals surface area contributed by atoms with Gasteiger partial charge in [0.25, 0.3) is 0 Å². The van der Waals surface area contributed by atoms with Crippen LogP contribution in [0.25, 0.3) is 0 Å². The lowest BCUT2D eigenvalue weighted by Gasteiger charge is -2.29. The van der Waals surface area contributed by atoms with E-state index in [0.29, 0.717) is 35.2 Å². The Balaban J connectivity index is 1.64. The number of benzene rings is 3. The van der Waals surface area contributed by atoms with Crippen LogP contribution in [0.4, 0.5) is 9.18 Å². The lowest BCUT2D eigenvalue weighted by atomic mass is 9.92. The summed E-state index contributed by atoms with van der Waals surface area (Å²) in [6.45, 7) is -0.125. The summed E-state index contributed by atoms with van der Waals surface area (Å²) in [7, 11) is 1.59. The minimum Gasteiger partial charge on any atom is -0.497 e. The second kappa shape index (κ2) is 11.2. The standard InChI is InChI=1S/C28H24FN3O4/c1-35-23-12-7-18(8-13-23)9-14-24-25(27(33)36-17-20-3-2-4-22(29)15-20)26(32-28(34)31-24)21-10-5-19(16-30)6-11-21/h2-8,10-13,15,26H,9,14,17H2,1H3,(H2,31,32,34). The van der Waals surface area contributed by atoms with Crippen LogP contribution in [0.5, 0.6) is 5.75 Å². The van der Waals surface area contributed by atoms with E-state index in [4.69, 9.17) is 14.7 Å². The molecule has 182 valence electrons. The Morgan fingerprint density at radius 1 is 1.03 bits per heavy atom. The highest BCUT2D eigenvalue weighted by molar-refractivity contribution is 5.95. The van der Waals surface area contributed by atoms with Crippen LogP contribution in [-0.4, -0.2) is 19.1 Å². The molecule has 1 aliphatic heterocycles. The number of aryl methyl sites for hydroxylation is 1. The molecule has 0 saturated heterocycles. The van der Waals surface area contributed by atoms with Crippen molar-refractivity contribution in [3.05, 3.63) is 112 Å². The molecule has 7 nitrogen and oxygen atoms in total. The average Bonchev–Trinajstić information content (AvgIpc) is 2.90. The largest absolute Gasteiger partial charge is 0.497 e. The van der Waals surface area contributed by atoms with Crippen LogP contribution in [0.15, 0.2) is 84.1 Å². The van der Waals surface area contributed by atoms with Gasteiger partial charge in [0.1, 0.15) is 18.2 Å². The molecule has 8 heteroatoms. The van der Waals surface area contributed by atoms with Crippen LogP contribution >= 0.6 is 0 Å². The summed E-state index contributed by atoms with van der Waals surface area (Å²) in [4.78, 5) is 25.9. The van der Waals surface area contributed by atoms with Gasteiger partial charge in [-0.25, -0.2) is 14.0 Å². The topological polar surface area (TPSA) is 100 Å². The molecule has 1 aliphatic rings. The third kappa shape index (κ3) is 5.88. The van der Waals surface area contributed by atoms with Crippen molar-refractivity contribution >= 4 is 12.0 Å². The normalized spacial score (nSPS) is 14.9. The number of hydrogen-bond donors (Lipinski definition) is 2. The first kappa shape index (κ1) is 24.5. The molecule has 0 spiro atoms. The van der Waals surface area contributed by atoms with Gasteiger partial charge in [0.2, 0.25) is 0 Å². The number of allylic oxidation sites excluding steroid dienone is 1. The van der Waals surface area contributed by atoms with Crippen LogP contribution in [0, 0.1) is 17.1 Å². The van der Waals surface area contributed by atoms with E-state index in [0.717, 1.165) is 11.3 Å². The lowest BCUT2D eigenvalue weighted by Crippen LogP contribution is -2.46. The predicted octanol–water partition coefficient (Wildman–Crippen LogP) is 4.69. The number of methoxy groups -OCH3 is 1. The third-order valence-corrected chi connectivity index (χ3v) is 5.83. The van der Waals surface area contributed by atoms with Gasteiger partial charge < -0.3 is 20.1 Å². The second-order valence-corrected chi connectivity index (χ2v) is 8.21. The number of ether oxygens (including phenoxy) is 2. The number of nitrogens with zero attached hydrogens (tertiary/aromatic N) is 1. The van der Waals surface area contributed by atoms with Crippen LogP contribution in [0.3, 0.4) is 0 Å². The SMILES string of the molecule is COc1ccc(CCC2=C(C(=O)OCc3cccc(F)c3)C(c3ccc(C#N)cc3)NC(=O)N2)cc1. The maximum absolute atomic E-state index is 13.6. The monoisotopic (exact) mass is 485 g/mol. The summed E-state index contributed by atoms with van der Waals surface area (Å²) in [6.07, 6.45) is 0.928. The summed E-state index contributed by atoms with van der Waals surface area (Å²) < 4.78 is 24.3. The lowest BCUT2D eigenvalue weighted by molar-refractivity contribution is -0.140. The van der Waals surface area contributed by atoms with E-state index in [-0.39, 0.29) is 12.2 Å².